The number of hydrazone groups is 1. The smallest absolute Gasteiger partial charge is 0.216 e. The first kappa shape index (κ1) is 22.1. The summed E-state index contributed by atoms with van der Waals surface area (Å²) in [5, 5.41) is 12.4. The molecule has 166 valence electrons. The zero-order valence-electron chi connectivity index (χ0n) is 17.5. The molecule has 0 radical (unpaired) electrons. The lowest BCUT2D eigenvalue weighted by Gasteiger charge is -2.10. The van der Waals surface area contributed by atoms with E-state index in [-0.39, 0.29) is 11.8 Å². The maximum absolute atomic E-state index is 11.7. The zero-order valence-corrected chi connectivity index (χ0v) is 19.1. The lowest BCUT2D eigenvalue weighted by Crippen LogP contribution is -2.40. The molecule has 2 atom stereocenters. The van der Waals surface area contributed by atoms with Crippen molar-refractivity contribution >= 4 is 33.8 Å². The molecule has 2 heterocycles. The van der Waals surface area contributed by atoms with Gasteiger partial charge in [-0.25, -0.2) is 4.68 Å². The summed E-state index contributed by atoms with van der Waals surface area (Å²) in [7, 11) is -1.10. The highest BCUT2D eigenvalue weighted by atomic mass is 32.3. The van der Waals surface area contributed by atoms with Crippen LogP contribution in [0, 0.1) is 0 Å². The van der Waals surface area contributed by atoms with Crippen molar-refractivity contribution in [2.45, 2.75) is 12.5 Å². The molecule has 1 fully saturated rings. The summed E-state index contributed by atoms with van der Waals surface area (Å²) >= 11 is 5.27. The second-order valence-corrected chi connectivity index (χ2v) is 10.1. The Hall–Kier alpha value is -3.08. The van der Waals surface area contributed by atoms with Crippen LogP contribution in [-0.4, -0.2) is 50.3 Å². The second-order valence-electron chi connectivity index (χ2n) is 7.41. The van der Waals surface area contributed by atoms with Crippen molar-refractivity contribution in [2.24, 2.45) is 5.10 Å². The molecule has 4 rings (SSSR count). The molecule has 10 heteroatoms. The van der Waals surface area contributed by atoms with E-state index < -0.39 is 10.2 Å². The number of nitrogens with zero attached hydrogens (tertiary/aromatic N) is 3. The first-order valence-electron chi connectivity index (χ1n) is 10.0. The number of para-hydroxylation sites is 1. The maximum Gasteiger partial charge on any atom is 0.216 e. The van der Waals surface area contributed by atoms with Gasteiger partial charge in [0, 0.05) is 23.7 Å². The standard InChI is InChI=1S/C22H23N5O3S2/c1-30-20-9-7-16(8-10-20)21-17(14-27(26-21)19-5-3-2-4-6-19)13-23-25-22(31)24-18-11-12-32(28,29)15-18/h2-10,13-14,18H,11-12,15H2,1H3,(H2-,24,25,28,29,31)/p+1/b23-13-/t18-/m1/s1. The summed E-state index contributed by atoms with van der Waals surface area (Å²) in [4.78, 5) is 0. The fourth-order valence-electron chi connectivity index (χ4n) is 3.47. The Kier molecular flexibility index (Phi) is 6.63. The van der Waals surface area contributed by atoms with Crippen LogP contribution in [0.1, 0.15) is 12.0 Å². The summed E-state index contributed by atoms with van der Waals surface area (Å²) in [6, 6.07) is 17.4. The molecule has 3 N–H and O–H groups in total. The predicted molar refractivity (Wildman–Crippen MR) is 131 cm³/mol. The molecule has 3 aromatic rings. The molecular formula is C22H24N5O3S2+. The summed E-state index contributed by atoms with van der Waals surface area (Å²) < 4.78 is 28.4. The van der Waals surface area contributed by atoms with E-state index in [9.17, 15) is 8.76 Å². The SMILES string of the molecule is COc1ccc(-c2nn(-c3ccccc3)cc2/C=N\NC(=S)N[C@@H]2CC[S+](=O)(O)C2)cc1. The monoisotopic (exact) mass is 470 g/mol. The van der Waals surface area contributed by atoms with E-state index in [2.05, 4.69) is 15.8 Å². The third kappa shape index (κ3) is 5.39. The van der Waals surface area contributed by atoms with Crippen LogP contribution in [0.2, 0.25) is 0 Å². The predicted octanol–water partition coefficient (Wildman–Crippen LogP) is 3.09. The summed E-state index contributed by atoms with van der Waals surface area (Å²) in [6.45, 7) is 0. The van der Waals surface area contributed by atoms with E-state index >= 15 is 0 Å². The third-order valence-corrected chi connectivity index (χ3v) is 7.08. The van der Waals surface area contributed by atoms with E-state index in [0.717, 1.165) is 28.3 Å². The minimum atomic E-state index is -2.73. The number of thiocarbonyl (C=S) groups is 1. The van der Waals surface area contributed by atoms with Gasteiger partial charge in [-0.2, -0.15) is 14.8 Å². The van der Waals surface area contributed by atoms with Gasteiger partial charge in [-0.05, 0) is 48.6 Å². The molecule has 1 saturated heterocycles. The van der Waals surface area contributed by atoms with Crippen LogP contribution < -0.4 is 15.5 Å². The van der Waals surface area contributed by atoms with E-state index in [4.69, 9.17) is 22.1 Å². The Morgan fingerprint density at radius 2 is 2.03 bits per heavy atom. The highest BCUT2D eigenvalue weighted by molar-refractivity contribution is 7.98. The van der Waals surface area contributed by atoms with Gasteiger partial charge in [-0.15, -0.1) is 0 Å². The zero-order chi connectivity index (χ0) is 22.6. The van der Waals surface area contributed by atoms with Crippen LogP contribution in [0.15, 0.2) is 65.9 Å². The van der Waals surface area contributed by atoms with Gasteiger partial charge in [-0.3, -0.25) is 5.43 Å². The van der Waals surface area contributed by atoms with Gasteiger partial charge in [0.25, 0.3) is 0 Å². The van der Waals surface area contributed by atoms with E-state index in [1.54, 1.807) is 18.0 Å². The van der Waals surface area contributed by atoms with Crippen LogP contribution in [-0.2, 0) is 14.4 Å². The van der Waals surface area contributed by atoms with Crippen molar-refractivity contribution in [3.8, 4) is 22.7 Å². The van der Waals surface area contributed by atoms with E-state index in [1.807, 2.05) is 60.8 Å². The average molecular weight is 471 g/mol. The van der Waals surface area contributed by atoms with Crippen molar-refractivity contribution < 1.29 is 13.5 Å². The number of methoxy groups -OCH3 is 1. The molecule has 1 aliphatic heterocycles. The number of aromatic nitrogens is 2. The minimum Gasteiger partial charge on any atom is -0.497 e. The topological polar surface area (TPSA) is 101 Å². The van der Waals surface area contributed by atoms with Gasteiger partial charge < -0.3 is 10.1 Å². The van der Waals surface area contributed by atoms with Crippen LogP contribution in [0.3, 0.4) is 0 Å². The maximum atomic E-state index is 11.7. The number of nitrogens with one attached hydrogen (secondary N) is 2. The highest BCUT2D eigenvalue weighted by Gasteiger charge is 2.38. The molecule has 0 saturated carbocycles. The van der Waals surface area contributed by atoms with Gasteiger partial charge >= 0.3 is 0 Å². The van der Waals surface area contributed by atoms with Crippen molar-refractivity contribution in [3.63, 3.8) is 0 Å². The highest BCUT2D eigenvalue weighted by Crippen LogP contribution is 2.25. The quantitative estimate of drug-likeness (QED) is 0.220. The Morgan fingerprint density at radius 1 is 1.28 bits per heavy atom. The summed E-state index contributed by atoms with van der Waals surface area (Å²) in [5.41, 5.74) is 6.20. The molecule has 2 aromatic carbocycles. The molecule has 1 unspecified atom stereocenters. The van der Waals surface area contributed by atoms with Crippen molar-refractivity contribution in [3.05, 3.63) is 66.4 Å². The van der Waals surface area contributed by atoms with Gasteiger partial charge in [0.05, 0.1) is 25.1 Å². The number of hydrogen-bond donors (Lipinski definition) is 3. The lowest BCUT2D eigenvalue weighted by atomic mass is 10.1. The lowest BCUT2D eigenvalue weighted by molar-refractivity contribution is 0.415. The molecule has 0 amide bonds. The number of rotatable bonds is 6. The van der Waals surface area contributed by atoms with Gasteiger partial charge in [0.1, 0.15) is 17.2 Å². The molecule has 32 heavy (non-hydrogen) atoms. The van der Waals surface area contributed by atoms with Crippen molar-refractivity contribution in [1.82, 2.24) is 20.5 Å². The van der Waals surface area contributed by atoms with Crippen LogP contribution >= 0.6 is 12.2 Å². The molecule has 8 nitrogen and oxygen atoms in total. The molecule has 0 bridgehead atoms. The Labute approximate surface area is 192 Å². The first-order valence-corrected chi connectivity index (χ1v) is 12.3. The summed E-state index contributed by atoms with van der Waals surface area (Å²) in [5.74, 6) is 1.26. The van der Waals surface area contributed by atoms with Crippen molar-refractivity contribution in [1.29, 1.82) is 0 Å². The average Bonchev–Trinajstić information content (AvgIpc) is 3.37. The first-order chi connectivity index (χ1) is 15.4. The largest absolute Gasteiger partial charge is 0.497 e. The van der Waals surface area contributed by atoms with Crippen molar-refractivity contribution in [2.75, 3.05) is 18.6 Å². The van der Waals surface area contributed by atoms with Gasteiger partial charge in [0.2, 0.25) is 10.2 Å². The summed E-state index contributed by atoms with van der Waals surface area (Å²) in [6.07, 6.45) is 4.16. The molecule has 0 spiro atoms. The number of ether oxygens (including phenoxy) is 1. The van der Waals surface area contributed by atoms with Gasteiger partial charge in [0.15, 0.2) is 10.9 Å². The molecule has 1 aliphatic rings. The minimum absolute atomic E-state index is 0.126. The third-order valence-electron chi connectivity index (χ3n) is 5.08. The van der Waals surface area contributed by atoms with Crippen LogP contribution in [0.4, 0.5) is 0 Å². The molecular weight excluding hydrogens is 446 g/mol. The second kappa shape index (κ2) is 9.60. The fraction of sp³-hybridized carbons (Fsp3) is 0.227. The number of hydrogen-bond acceptors (Lipinski definition) is 5. The Morgan fingerprint density at radius 3 is 2.69 bits per heavy atom. The molecule has 1 aromatic heterocycles. The Balaban J connectivity index is 1.52. The van der Waals surface area contributed by atoms with Crippen LogP contribution in [0.5, 0.6) is 5.75 Å². The number of benzene rings is 2. The van der Waals surface area contributed by atoms with Crippen LogP contribution in [0.25, 0.3) is 16.9 Å². The normalized spacial score (nSPS) is 20.4. The van der Waals surface area contributed by atoms with E-state index in [0.29, 0.717) is 17.3 Å². The molecule has 0 aliphatic carbocycles. The fourth-order valence-corrected chi connectivity index (χ4v) is 5.38. The van der Waals surface area contributed by atoms with E-state index in [1.165, 1.54) is 0 Å². The van der Waals surface area contributed by atoms with Gasteiger partial charge in [-0.1, -0.05) is 22.4 Å². The Bertz CT molecular complexity index is 1160.